The van der Waals surface area contributed by atoms with Crippen LogP contribution in [0.5, 0.6) is 0 Å². The van der Waals surface area contributed by atoms with Crippen LogP contribution in [0, 0.1) is 0 Å². The van der Waals surface area contributed by atoms with Crippen LogP contribution in [0.15, 0.2) is 24.3 Å². The van der Waals surface area contributed by atoms with Gasteiger partial charge in [-0.2, -0.15) is 0 Å². The van der Waals surface area contributed by atoms with Gasteiger partial charge in [-0.15, -0.1) is 0 Å². The van der Waals surface area contributed by atoms with E-state index in [2.05, 4.69) is 20.7 Å². The molecule has 1 aromatic rings. The Kier molecular flexibility index (Phi) is 7.57. The van der Waals surface area contributed by atoms with Crippen molar-refractivity contribution in [3.05, 3.63) is 29.8 Å². The van der Waals surface area contributed by atoms with E-state index in [1.165, 1.54) is 0 Å². The Morgan fingerprint density at radius 2 is 1.68 bits per heavy atom. The van der Waals surface area contributed by atoms with Crippen LogP contribution in [-0.4, -0.2) is 35.9 Å². The van der Waals surface area contributed by atoms with E-state index in [9.17, 15) is 14.4 Å². The van der Waals surface area contributed by atoms with E-state index >= 15 is 0 Å². The second-order valence-electron chi connectivity index (χ2n) is 6.94. The summed E-state index contributed by atoms with van der Waals surface area (Å²) in [6, 6.07) is 5.83. The molecule has 1 rings (SSSR count). The molecule has 138 valence electrons. The smallest absolute Gasteiger partial charge is 0.293 e. The van der Waals surface area contributed by atoms with Crippen LogP contribution in [0.4, 0.5) is 5.69 Å². The van der Waals surface area contributed by atoms with Crippen LogP contribution in [0.3, 0.4) is 0 Å². The molecule has 2 amide bonds. The second-order valence-corrected chi connectivity index (χ2v) is 6.94. The molecule has 0 saturated heterocycles. The highest BCUT2D eigenvalue weighted by Gasteiger charge is 2.22. The maximum Gasteiger partial charge on any atom is 0.293 e. The van der Waals surface area contributed by atoms with Crippen LogP contribution >= 0.6 is 0 Å². The Bertz CT molecular complexity index is 593. The van der Waals surface area contributed by atoms with Gasteiger partial charge in [-0.05, 0) is 52.3 Å². The number of carbonyl (C=O) groups excluding carboxylic acids is 3. The maximum absolute atomic E-state index is 12.2. The Hall–Kier alpha value is -2.41. The van der Waals surface area contributed by atoms with Gasteiger partial charge in [-0.25, -0.2) is 0 Å². The fourth-order valence-corrected chi connectivity index (χ4v) is 2.18. The number of hydrogen-bond acceptors (Lipinski definition) is 5. The van der Waals surface area contributed by atoms with E-state index in [1.807, 2.05) is 20.8 Å². The first-order chi connectivity index (χ1) is 11.6. The maximum atomic E-state index is 12.2. The lowest BCUT2D eigenvalue weighted by Gasteiger charge is -2.26. The first kappa shape index (κ1) is 20.6. The van der Waals surface area contributed by atoms with Gasteiger partial charge >= 0.3 is 0 Å². The van der Waals surface area contributed by atoms with Crippen LogP contribution in [0.25, 0.3) is 0 Å². The molecule has 0 aromatic heterocycles. The summed E-state index contributed by atoms with van der Waals surface area (Å²) in [4.78, 5) is 34.5. The average Bonchev–Trinajstić information content (AvgIpc) is 2.52. The van der Waals surface area contributed by atoms with Gasteiger partial charge in [-0.3, -0.25) is 14.4 Å². The van der Waals surface area contributed by atoms with Crippen LogP contribution < -0.4 is 16.0 Å². The summed E-state index contributed by atoms with van der Waals surface area (Å²) < 4.78 is 4.66. The molecule has 0 bridgehead atoms. The highest BCUT2D eigenvalue weighted by atomic mass is 16.5. The van der Waals surface area contributed by atoms with Crippen LogP contribution in [-0.2, 0) is 25.7 Å². The lowest BCUT2D eigenvalue weighted by molar-refractivity contribution is -0.129. The van der Waals surface area contributed by atoms with Gasteiger partial charge in [0.05, 0.1) is 6.04 Å². The molecular formula is C18H27N3O4. The number of anilines is 1. The van der Waals surface area contributed by atoms with Crippen molar-refractivity contribution in [2.24, 2.45) is 0 Å². The van der Waals surface area contributed by atoms with E-state index in [-0.39, 0.29) is 24.0 Å². The number of carbonyl (C=O) groups is 3. The minimum atomic E-state index is -0.671. The first-order valence-electron chi connectivity index (χ1n) is 8.15. The molecule has 0 fully saturated rings. The standard InChI is InChI=1S/C18H27N3O4/c1-12(19-17(24)13(2)21-18(3,4)5)16(23)20-15-8-6-14(7-9-15)10-25-11-22/h6-9,11-13,21H,10H2,1-5H3,(H,19,24)(H,20,23)/t12-,13-/m0/s1. The molecule has 0 unspecified atom stereocenters. The molecule has 3 N–H and O–H groups in total. The summed E-state index contributed by atoms with van der Waals surface area (Å²) in [6.45, 7) is 9.86. The molecule has 0 aliphatic heterocycles. The van der Waals surface area contributed by atoms with E-state index in [0.717, 1.165) is 5.56 Å². The van der Waals surface area contributed by atoms with Crippen molar-refractivity contribution in [1.82, 2.24) is 10.6 Å². The fourth-order valence-electron chi connectivity index (χ4n) is 2.18. The Morgan fingerprint density at radius 3 is 2.20 bits per heavy atom. The minimum absolute atomic E-state index is 0.183. The Morgan fingerprint density at radius 1 is 1.08 bits per heavy atom. The molecule has 0 radical (unpaired) electrons. The summed E-state index contributed by atoms with van der Waals surface area (Å²) in [5.41, 5.74) is 1.22. The zero-order valence-corrected chi connectivity index (χ0v) is 15.4. The third-order valence-electron chi connectivity index (χ3n) is 3.33. The molecule has 0 saturated carbocycles. The van der Waals surface area contributed by atoms with Crippen LogP contribution in [0.1, 0.15) is 40.2 Å². The summed E-state index contributed by atoms with van der Waals surface area (Å²) in [5, 5.41) is 8.58. The number of amides is 2. The highest BCUT2D eigenvalue weighted by Crippen LogP contribution is 2.10. The zero-order chi connectivity index (χ0) is 19.0. The van der Waals surface area contributed by atoms with E-state index in [4.69, 9.17) is 0 Å². The quantitative estimate of drug-likeness (QED) is 0.619. The first-order valence-corrected chi connectivity index (χ1v) is 8.15. The van der Waals surface area contributed by atoms with Crippen molar-refractivity contribution in [3.63, 3.8) is 0 Å². The largest absolute Gasteiger partial charge is 0.463 e. The number of ether oxygens (including phenoxy) is 1. The number of rotatable bonds is 8. The highest BCUT2D eigenvalue weighted by molar-refractivity contribution is 5.97. The van der Waals surface area contributed by atoms with Crippen LogP contribution in [0.2, 0.25) is 0 Å². The van der Waals surface area contributed by atoms with Gasteiger partial charge in [-0.1, -0.05) is 12.1 Å². The summed E-state index contributed by atoms with van der Waals surface area (Å²) in [5.74, 6) is -0.549. The van der Waals surface area contributed by atoms with Crippen molar-refractivity contribution in [1.29, 1.82) is 0 Å². The molecule has 0 spiro atoms. The lowest BCUT2D eigenvalue weighted by Crippen LogP contribution is -2.53. The van der Waals surface area contributed by atoms with Gasteiger partial charge in [0, 0.05) is 11.2 Å². The zero-order valence-electron chi connectivity index (χ0n) is 15.4. The molecule has 7 nitrogen and oxygen atoms in total. The molecule has 2 atom stereocenters. The SMILES string of the molecule is C[C@H](NC(=O)[C@H](C)NC(C)(C)C)C(=O)Nc1ccc(COC=O)cc1. The van der Waals surface area contributed by atoms with Crippen molar-refractivity contribution in [2.75, 3.05) is 5.32 Å². The van der Waals surface area contributed by atoms with Gasteiger partial charge in [0.15, 0.2) is 0 Å². The monoisotopic (exact) mass is 349 g/mol. The summed E-state index contributed by atoms with van der Waals surface area (Å²) in [6.07, 6.45) is 0. The van der Waals surface area contributed by atoms with Crippen molar-refractivity contribution in [3.8, 4) is 0 Å². The Labute approximate surface area is 148 Å². The van der Waals surface area contributed by atoms with Gasteiger partial charge in [0.2, 0.25) is 11.8 Å². The predicted octanol–water partition coefficient (Wildman–Crippen LogP) is 1.58. The number of nitrogens with one attached hydrogen (secondary N) is 3. The summed E-state index contributed by atoms with van der Waals surface area (Å²) >= 11 is 0. The molecule has 7 heteroatoms. The molecule has 0 aliphatic rings. The van der Waals surface area contributed by atoms with Crippen molar-refractivity contribution in [2.45, 2.75) is 58.8 Å². The van der Waals surface area contributed by atoms with Gasteiger partial charge < -0.3 is 20.7 Å². The molecule has 1 aromatic carbocycles. The van der Waals surface area contributed by atoms with E-state index in [0.29, 0.717) is 12.2 Å². The lowest BCUT2D eigenvalue weighted by atomic mass is 10.1. The summed E-state index contributed by atoms with van der Waals surface area (Å²) in [7, 11) is 0. The van der Waals surface area contributed by atoms with E-state index < -0.39 is 12.1 Å². The topological polar surface area (TPSA) is 96.5 Å². The fraction of sp³-hybridized carbons (Fsp3) is 0.500. The molecular weight excluding hydrogens is 322 g/mol. The normalized spacial score (nSPS) is 13.5. The van der Waals surface area contributed by atoms with E-state index in [1.54, 1.807) is 38.1 Å². The van der Waals surface area contributed by atoms with Gasteiger partial charge in [0.1, 0.15) is 12.6 Å². The number of benzene rings is 1. The molecule has 0 aliphatic carbocycles. The third-order valence-corrected chi connectivity index (χ3v) is 3.33. The predicted molar refractivity (Wildman–Crippen MR) is 95.9 cm³/mol. The second kappa shape index (κ2) is 9.17. The molecule has 25 heavy (non-hydrogen) atoms. The van der Waals surface area contributed by atoms with Crippen molar-refractivity contribution >= 4 is 24.0 Å². The minimum Gasteiger partial charge on any atom is -0.463 e. The Balaban J connectivity index is 2.53. The van der Waals surface area contributed by atoms with Crippen molar-refractivity contribution < 1.29 is 19.1 Å². The molecule has 0 heterocycles. The average molecular weight is 349 g/mol. The van der Waals surface area contributed by atoms with Gasteiger partial charge in [0.25, 0.3) is 6.47 Å². The third kappa shape index (κ3) is 7.80. The number of hydrogen-bond donors (Lipinski definition) is 3.